The van der Waals surface area contributed by atoms with Gasteiger partial charge in [0.2, 0.25) is 0 Å². The molecule has 8 heteroatoms. The standard InChI is InChI=1S/C21H15Cl2N3O2S/c1-11-14(13-5-3-4-6-18(13)25(11)2)10-15-19(27)24-21(29)26(20(15)28)12-7-8-16(22)17(23)9-12/h3-10H,1-2H3,(H,24,27,29)/b15-10-. The van der Waals surface area contributed by atoms with Crippen LogP contribution in [0.25, 0.3) is 17.0 Å². The van der Waals surface area contributed by atoms with Crippen molar-refractivity contribution in [2.75, 3.05) is 4.90 Å². The molecule has 0 aliphatic carbocycles. The van der Waals surface area contributed by atoms with Gasteiger partial charge in [0.05, 0.1) is 15.7 Å². The second-order valence-electron chi connectivity index (χ2n) is 6.63. The molecule has 0 bridgehead atoms. The molecule has 1 saturated heterocycles. The first-order valence-corrected chi connectivity index (χ1v) is 9.86. The Morgan fingerprint density at radius 1 is 1.07 bits per heavy atom. The smallest absolute Gasteiger partial charge is 0.270 e. The van der Waals surface area contributed by atoms with Crippen LogP contribution in [0.4, 0.5) is 5.69 Å². The predicted molar refractivity (Wildman–Crippen MR) is 120 cm³/mol. The van der Waals surface area contributed by atoms with Crippen molar-refractivity contribution in [1.29, 1.82) is 0 Å². The molecule has 2 aromatic carbocycles. The summed E-state index contributed by atoms with van der Waals surface area (Å²) in [6.45, 7) is 1.94. The monoisotopic (exact) mass is 443 g/mol. The zero-order valence-electron chi connectivity index (χ0n) is 15.5. The van der Waals surface area contributed by atoms with E-state index in [0.29, 0.717) is 10.7 Å². The van der Waals surface area contributed by atoms with Gasteiger partial charge in [-0.05, 0) is 49.5 Å². The number of amides is 2. The van der Waals surface area contributed by atoms with Gasteiger partial charge in [0.25, 0.3) is 11.8 Å². The zero-order valence-corrected chi connectivity index (χ0v) is 17.8. The minimum absolute atomic E-state index is 0.00909. The van der Waals surface area contributed by atoms with Crippen LogP contribution in [0.3, 0.4) is 0 Å². The minimum atomic E-state index is -0.538. The summed E-state index contributed by atoms with van der Waals surface area (Å²) in [7, 11) is 1.94. The Hall–Kier alpha value is -2.67. The highest BCUT2D eigenvalue weighted by Crippen LogP contribution is 2.31. The van der Waals surface area contributed by atoms with Gasteiger partial charge in [0, 0.05) is 29.2 Å². The lowest BCUT2D eigenvalue weighted by atomic mass is 10.0. The summed E-state index contributed by atoms with van der Waals surface area (Å²) >= 11 is 17.3. The van der Waals surface area contributed by atoms with E-state index in [2.05, 4.69) is 5.32 Å². The number of aryl methyl sites for hydroxylation is 1. The summed E-state index contributed by atoms with van der Waals surface area (Å²) < 4.78 is 2.02. The first kappa shape index (κ1) is 19.6. The number of para-hydroxylation sites is 1. The Balaban J connectivity index is 1.85. The minimum Gasteiger partial charge on any atom is -0.347 e. The molecular formula is C21H15Cl2N3O2S. The van der Waals surface area contributed by atoms with Gasteiger partial charge in [-0.3, -0.25) is 19.8 Å². The highest BCUT2D eigenvalue weighted by Gasteiger charge is 2.35. The van der Waals surface area contributed by atoms with Gasteiger partial charge in [0.15, 0.2) is 5.11 Å². The van der Waals surface area contributed by atoms with Crippen molar-refractivity contribution < 1.29 is 9.59 Å². The third-order valence-electron chi connectivity index (χ3n) is 5.00. The molecule has 1 aliphatic heterocycles. The molecular weight excluding hydrogens is 429 g/mol. The van der Waals surface area contributed by atoms with Crippen molar-refractivity contribution in [2.45, 2.75) is 6.92 Å². The number of hydrogen-bond acceptors (Lipinski definition) is 3. The highest BCUT2D eigenvalue weighted by atomic mass is 35.5. The van der Waals surface area contributed by atoms with Gasteiger partial charge in [-0.2, -0.15) is 0 Å². The van der Waals surface area contributed by atoms with Gasteiger partial charge >= 0.3 is 0 Å². The Bertz CT molecular complexity index is 1250. The van der Waals surface area contributed by atoms with Crippen LogP contribution in [0.15, 0.2) is 48.0 Å². The second kappa shape index (κ2) is 7.30. The van der Waals surface area contributed by atoms with Crippen LogP contribution in [0, 0.1) is 6.92 Å². The third kappa shape index (κ3) is 3.23. The Kier molecular flexibility index (Phi) is 4.94. The average molecular weight is 444 g/mol. The lowest BCUT2D eigenvalue weighted by Gasteiger charge is -2.29. The van der Waals surface area contributed by atoms with E-state index in [1.54, 1.807) is 18.2 Å². The topological polar surface area (TPSA) is 54.3 Å². The molecule has 1 fully saturated rings. The van der Waals surface area contributed by atoms with Crippen molar-refractivity contribution in [2.24, 2.45) is 7.05 Å². The van der Waals surface area contributed by atoms with Gasteiger partial charge in [-0.15, -0.1) is 0 Å². The van der Waals surface area contributed by atoms with E-state index >= 15 is 0 Å². The second-order valence-corrected chi connectivity index (χ2v) is 7.83. The maximum Gasteiger partial charge on any atom is 0.270 e. The number of nitrogens with zero attached hydrogens (tertiary/aromatic N) is 2. The first-order chi connectivity index (χ1) is 13.8. The summed E-state index contributed by atoms with van der Waals surface area (Å²) in [6, 6.07) is 12.5. The normalized spacial score (nSPS) is 16.1. The molecule has 5 nitrogen and oxygen atoms in total. The van der Waals surface area contributed by atoms with Crippen LogP contribution < -0.4 is 10.2 Å². The molecule has 1 aliphatic rings. The van der Waals surface area contributed by atoms with E-state index in [1.165, 1.54) is 11.0 Å². The van der Waals surface area contributed by atoms with Crippen molar-refractivity contribution >= 4 is 75.0 Å². The molecule has 0 spiro atoms. The van der Waals surface area contributed by atoms with Crippen molar-refractivity contribution in [1.82, 2.24) is 9.88 Å². The highest BCUT2D eigenvalue weighted by molar-refractivity contribution is 7.80. The lowest BCUT2D eigenvalue weighted by molar-refractivity contribution is -0.122. The van der Waals surface area contributed by atoms with Gasteiger partial charge in [-0.1, -0.05) is 41.4 Å². The summed E-state index contributed by atoms with van der Waals surface area (Å²) in [4.78, 5) is 27.1. The molecule has 0 radical (unpaired) electrons. The van der Waals surface area contributed by atoms with E-state index in [4.69, 9.17) is 35.4 Å². The zero-order chi connectivity index (χ0) is 20.9. The van der Waals surface area contributed by atoms with E-state index in [9.17, 15) is 9.59 Å². The first-order valence-electron chi connectivity index (χ1n) is 8.70. The molecule has 4 rings (SSSR count). The quantitative estimate of drug-likeness (QED) is 0.357. The SMILES string of the molecule is Cc1c(/C=C2/C(=O)NC(=S)N(c3ccc(Cl)c(Cl)c3)C2=O)c2ccccc2n1C. The number of anilines is 1. The molecule has 1 aromatic heterocycles. The number of halogens is 2. The van der Waals surface area contributed by atoms with Gasteiger partial charge in [-0.25, -0.2) is 0 Å². The Morgan fingerprint density at radius 2 is 1.79 bits per heavy atom. The summed E-state index contributed by atoms with van der Waals surface area (Å²) in [6.07, 6.45) is 1.61. The fourth-order valence-corrected chi connectivity index (χ4v) is 3.97. The molecule has 0 atom stereocenters. The molecule has 146 valence electrons. The third-order valence-corrected chi connectivity index (χ3v) is 6.02. The molecule has 2 heterocycles. The fraction of sp³-hybridized carbons (Fsp3) is 0.0952. The van der Waals surface area contributed by atoms with Crippen LogP contribution in [-0.4, -0.2) is 21.5 Å². The summed E-state index contributed by atoms with van der Waals surface area (Å²) in [5, 5.41) is 4.17. The number of rotatable bonds is 2. The van der Waals surface area contributed by atoms with Crippen molar-refractivity contribution in [3.05, 3.63) is 69.3 Å². The van der Waals surface area contributed by atoms with E-state index in [-0.39, 0.29) is 15.7 Å². The maximum absolute atomic E-state index is 13.2. The number of benzene rings is 2. The fourth-order valence-electron chi connectivity index (χ4n) is 3.39. The number of thiocarbonyl (C=S) groups is 1. The number of carbonyl (C=O) groups is 2. The maximum atomic E-state index is 13.2. The van der Waals surface area contributed by atoms with Gasteiger partial charge in [0.1, 0.15) is 5.57 Å². The van der Waals surface area contributed by atoms with Crippen LogP contribution in [-0.2, 0) is 16.6 Å². The van der Waals surface area contributed by atoms with Crippen LogP contribution in [0.1, 0.15) is 11.3 Å². The molecule has 29 heavy (non-hydrogen) atoms. The van der Waals surface area contributed by atoms with E-state index in [1.807, 2.05) is 42.8 Å². The largest absolute Gasteiger partial charge is 0.347 e. The number of hydrogen-bond donors (Lipinski definition) is 1. The summed E-state index contributed by atoms with van der Waals surface area (Å²) in [5.74, 6) is -1.06. The number of fused-ring (bicyclic) bond motifs is 1. The van der Waals surface area contributed by atoms with Crippen molar-refractivity contribution in [3.8, 4) is 0 Å². The van der Waals surface area contributed by atoms with Crippen LogP contribution >= 0.6 is 35.4 Å². The number of carbonyl (C=O) groups excluding carboxylic acids is 2. The van der Waals surface area contributed by atoms with E-state index in [0.717, 1.165) is 22.2 Å². The molecule has 0 unspecified atom stereocenters. The van der Waals surface area contributed by atoms with Crippen molar-refractivity contribution in [3.63, 3.8) is 0 Å². The van der Waals surface area contributed by atoms with Gasteiger partial charge < -0.3 is 4.57 Å². The average Bonchev–Trinajstić information content (AvgIpc) is 2.92. The lowest BCUT2D eigenvalue weighted by Crippen LogP contribution is -2.54. The Morgan fingerprint density at radius 3 is 2.52 bits per heavy atom. The van der Waals surface area contributed by atoms with Crippen LogP contribution in [0.5, 0.6) is 0 Å². The summed E-state index contributed by atoms with van der Waals surface area (Å²) in [5.41, 5.74) is 3.17. The molecule has 0 saturated carbocycles. The van der Waals surface area contributed by atoms with Crippen LogP contribution in [0.2, 0.25) is 10.0 Å². The predicted octanol–water partition coefficient (Wildman–Crippen LogP) is 4.62. The molecule has 3 aromatic rings. The molecule has 1 N–H and O–H groups in total. The Labute approximate surface area is 182 Å². The molecule has 2 amide bonds. The van der Waals surface area contributed by atoms with E-state index < -0.39 is 11.8 Å². The number of aromatic nitrogens is 1. The number of nitrogens with one attached hydrogen (secondary N) is 1.